The van der Waals surface area contributed by atoms with Crippen LogP contribution in [0.15, 0.2) is 36.4 Å². The van der Waals surface area contributed by atoms with Crippen LogP contribution in [0.1, 0.15) is 15.9 Å². The van der Waals surface area contributed by atoms with E-state index in [9.17, 15) is 9.90 Å². The zero-order chi connectivity index (χ0) is 14.0. The lowest BCUT2D eigenvalue weighted by Gasteiger charge is -2.10. The Labute approximate surface area is 115 Å². The Hall–Kier alpha value is -2.20. The monoisotopic (exact) mass is 276 g/mol. The predicted octanol–water partition coefficient (Wildman–Crippen LogP) is 3.19. The molecule has 0 saturated heterocycles. The van der Waals surface area contributed by atoms with Crippen molar-refractivity contribution in [1.29, 1.82) is 0 Å². The summed E-state index contributed by atoms with van der Waals surface area (Å²) in [6, 6.07) is 9.42. The minimum Gasteiger partial charge on any atom is -0.508 e. The second kappa shape index (κ2) is 5.20. The number of hydrogen-bond acceptors (Lipinski definition) is 3. The lowest BCUT2D eigenvalue weighted by Crippen LogP contribution is -2.14. The Morgan fingerprint density at radius 2 is 2.00 bits per heavy atom. The van der Waals surface area contributed by atoms with Crippen LogP contribution in [0.4, 0.5) is 11.4 Å². The summed E-state index contributed by atoms with van der Waals surface area (Å²) in [5.74, 6) is -0.161. The summed E-state index contributed by atoms with van der Waals surface area (Å²) < 4.78 is 0. The van der Waals surface area contributed by atoms with Gasteiger partial charge in [-0.1, -0.05) is 11.6 Å². The molecule has 98 valence electrons. The maximum Gasteiger partial charge on any atom is 0.255 e. The maximum absolute atomic E-state index is 12.1. The lowest BCUT2D eigenvalue weighted by atomic mass is 10.1. The number of benzene rings is 2. The topological polar surface area (TPSA) is 75.3 Å². The Bertz CT molecular complexity index is 641. The van der Waals surface area contributed by atoms with Gasteiger partial charge < -0.3 is 16.2 Å². The molecule has 2 aromatic carbocycles. The molecule has 0 atom stereocenters. The Morgan fingerprint density at radius 3 is 2.63 bits per heavy atom. The SMILES string of the molecule is Cc1cc(O)ccc1C(=O)Nc1ccc(Cl)cc1N. The minimum atomic E-state index is -0.286. The molecule has 4 N–H and O–H groups in total. The van der Waals surface area contributed by atoms with Crippen molar-refractivity contribution in [3.8, 4) is 5.75 Å². The van der Waals surface area contributed by atoms with Crippen LogP contribution >= 0.6 is 11.6 Å². The molecule has 0 heterocycles. The first kappa shape index (κ1) is 13.2. The normalized spacial score (nSPS) is 10.2. The second-order valence-electron chi connectivity index (χ2n) is 4.18. The van der Waals surface area contributed by atoms with Crippen molar-refractivity contribution in [1.82, 2.24) is 0 Å². The summed E-state index contributed by atoms with van der Waals surface area (Å²) in [7, 11) is 0. The quantitative estimate of drug-likeness (QED) is 0.737. The fourth-order valence-electron chi connectivity index (χ4n) is 1.74. The van der Waals surface area contributed by atoms with Gasteiger partial charge in [0.1, 0.15) is 5.75 Å². The molecular formula is C14H13ClN2O2. The Balaban J connectivity index is 2.25. The summed E-state index contributed by atoms with van der Waals surface area (Å²) in [4.78, 5) is 12.1. The van der Waals surface area contributed by atoms with Crippen molar-refractivity contribution in [3.63, 3.8) is 0 Å². The van der Waals surface area contributed by atoms with Crippen LogP contribution in [-0.4, -0.2) is 11.0 Å². The molecule has 19 heavy (non-hydrogen) atoms. The van der Waals surface area contributed by atoms with Gasteiger partial charge in [0.25, 0.3) is 5.91 Å². The van der Waals surface area contributed by atoms with E-state index in [4.69, 9.17) is 17.3 Å². The minimum absolute atomic E-state index is 0.125. The van der Waals surface area contributed by atoms with E-state index < -0.39 is 0 Å². The molecule has 0 saturated carbocycles. The van der Waals surface area contributed by atoms with E-state index in [1.54, 1.807) is 31.2 Å². The first-order chi connectivity index (χ1) is 8.97. The first-order valence-electron chi connectivity index (χ1n) is 5.63. The average molecular weight is 277 g/mol. The van der Waals surface area contributed by atoms with Crippen LogP contribution in [0.3, 0.4) is 0 Å². The first-order valence-corrected chi connectivity index (χ1v) is 6.01. The highest BCUT2D eigenvalue weighted by Gasteiger charge is 2.11. The molecule has 2 rings (SSSR count). The molecule has 5 heteroatoms. The summed E-state index contributed by atoms with van der Waals surface area (Å²) in [6.07, 6.45) is 0. The van der Waals surface area contributed by atoms with Gasteiger partial charge in [-0.3, -0.25) is 4.79 Å². The molecule has 2 aromatic rings. The van der Waals surface area contributed by atoms with Gasteiger partial charge in [-0.05, 0) is 48.9 Å². The number of nitrogens with one attached hydrogen (secondary N) is 1. The summed E-state index contributed by atoms with van der Waals surface area (Å²) in [5.41, 5.74) is 7.84. The van der Waals surface area contributed by atoms with Crippen molar-refractivity contribution in [2.45, 2.75) is 6.92 Å². The van der Waals surface area contributed by atoms with Crippen LogP contribution in [0.5, 0.6) is 5.75 Å². The number of carbonyl (C=O) groups excluding carboxylic acids is 1. The number of aryl methyl sites for hydroxylation is 1. The highest BCUT2D eigenvalue weighted by molar-refractivity contribution is 6.31. The van der Waals surface area contributed by atoms with Gasteiger partial charge in [0.15, 0.2) is 0 Å². The third-order valence-electron chi connectivity index (χ3n) is 2.72. The lowest BCUT2D eigenvalue weighted by molar-refractivity contribution is 0.102. The molecular weight excluding hydrogens is 264 g/mol. The molecule has 0 aromatic heterocycles. The molecule has 0 radical (unpaired) electrons. The van der Waals surface area contributed by atoms with Gasteiger partial charge in [-0.25, -0.2) is 0 Å². The predicted molar refractivity (Wildman–Crippen MR) is 76.7 cm³/mol. The summed E-state index contributed by atoms with van der Waals surface area (Å²) >= 11 is 5.79. The number of nitrogen functional groups attached to an aromatic ring is 1. The van der Waals surface area contributed by atoms with Crippen LogP contribution in [-0.2, 0) is 0 Å². The zero-order valence-corrected chi connectivity index (χ0v) is 11.0. The van der Waals surface area contributed by atoms with Crippen molar-refractivity contribution < 1.29 is 9.90 Å². The van der Waals surface area contributed by atoms with Gasteiger partial charge >= 0.3 is 0 Å². The van der Waals surface area contributed by atoms with Crippen LogP contribution < -0.4 is 11.1 Å². The third-order valence-corrected chi connectivity index (χ3v) is 2.95. The summed E-state index contributed by atoms with van der Waals surface area (Å²) in [6.45, 7) is 1.75. The van der Waals surface area contributed by atoms with E-state index in [1.807, 2.05) is 0 Å². The molecule has 0 unspecified atom stereocenters. The number of rotatable bonds is 2. The maximum atomic E-state index is 12.1. The Kier molecular flexibility index (Phi) is 3.62. The number of nitrogens with two attached hydrogens (primary N) is 1. The number of hydrogen-bond donors (Lipinski definition) is 3. The second-order valence-corrected chi connectivity index (χ2v) is 4.62. The molecule has 0 bridgehead atoms. The zero-order valence-electron chi connectivity index (χ0n) is 10.3. The van der Waals surface area contributed by atoms with Gasteiger partial charge in [0.05, 0.1) is 11.4 Å². The van der Waals surface area contributed by atoms with Crippen molar-refractivity contribution >= 4 is 28.9 Å². The number of phenolic OH excluding ortho intramolecular Hbond substituents is 1. The smallest absolute Gasteiger partial charge is 0.255 e. The van der Waals surface area contributed by atoms with Crippen molar-refractivity contribution in [2.75, 3.05) is 11.1 Å². The Morgan fingerprint density at radius 1 is 1.26 bits per heavy atom. The van der Waals surface area contributed by atoms with E-state index in [0.717, 1.165) is 0 Å². The van der Waals surface area contributed by atoms with E-state index in [2.05, 4.69) is 5.32 Å². The van der Waals surface area contributed by atoms with Gasteiger partial charge in [0, 0.05) is 10.6 Å². The fraction of sp³-hybridized carbons (Fsp3) is 0.0714. The number of amides is 1. The van der Waals surface area contributed by atoms with Gasteiger partial charge in [-0.2, -0.15) is 0 Å². The highest BCUT2D eigenvalue weighted by Crippen LogP contribution is 2.24. The average Bonchev–Trinajstić information content (AvgIpc) is 2.32. The highest BCUT2D eigenvalue weighted by atomic mass is 35.5. The molecule has 4 nitrogen and oxygen atoms in total. The van der Waals surface area contributed by atoms with E-state index >= 15 is 0 Å². The number of phenols is 1. The fourth-order valence-corrected chi connectivity index (χ4v) is 1.92. The van der Waals surface area contributed by atoms with Crippen LogP contribution in [0.2, 0.25) is 5.02 Å². The standard InChI is InChI=1S/C14H13ClN2O2/c1-8-6-10(18)3-4-11(8)14(19)17-13-5-2-9(15)7-12(13)16/h2-7,18H,16H2,1H3,(H,17,19). The van der Waals surface area contributed by atoms with Crippen LogP contribution in [0.25, 0.3) is 0 Å². The molecule has 0 spiro atoms. The van der Waals surface area contributed by atoms with Gasteiger partial charge in [0.2, 0.25) is 0 Å². The molecule has 0 aliphatic carbocycles. The van der Waals surface area contributed by atoms with E-state index in [1.165, 1.54) is 12.1 Å². The number of halogens is 1. The summed E-state index contributed by atoms with van der Waals surface area (Å²) in [5, 5.41) is 12.5. The molecule has 0 aliphatic rings. The molecule has 0 fully saturated rings. The van der Waals surface area contributed by atoms with Gasteiger partial charge in [-0.15, -0.1) is 0 Å². The number of anilines is 2. The molecule has 1 amide bonds. The largest absolute Gasteiger partial charge is 0.508 e. The third kappa shape index (κ3) is 2.98. The van der Waals surface area contributed by atoms with Crippen molar-refractivity contribution in [3.05, 3.63) is 52.5 Å². The van der Waals surface area contributed by atoms with E-state index in [0.29, 0.717) is 27.5 Å². The van der Waals surface area contributed by atoms with E-state index in [-0.39, 0.29) is 11.7 Å². The van der Waals surface area contributed by atoms with Crippen LogP contribution in [0, 0.1) is 6.92 Å². The molecule has 0 aliphatic heterocycles. The number of carbonyl (C=O) groups is 1. The number of aromatic hydroxyl groups is 1. The van der Waals surface area contributed by atoms with Crippen molar-refractivity contribution in [2.24, 2.45) is 0 Å².